The number of carbonyl (C=O) groups excluding carboxylic acids is 2. The van der Waals surface area contributed by atoms with Gasteiger partial charge in [-0.05, 0) is 37.1 Å². The van der Waals surface area contributed by atoms with Crippen LogP contribution in [0.4, 0.5) is 5.69 Å². The summed E-state index contributed by atoms with van der Waals surface area (Å²) < 4.78 is 16.2. The Morgan fingerprint density at radius 3 is 2.38 bits per heavy atom. The third-order valence-electron chi connectivity index (χ3n) is 3.81. The molecule has 1 amide bonds. The van der Waals surface area contributed by atoms with E-state index in [0.717, 1.165) is 0 Å². The maximum atomic E-state index is 12.5. The molecule has 0 heterocycles. The van der Waals surface area contributed by atoms with Crippen molar-refractivity contribution >= 4 is 40.8 Å². The second-order valence-electron chi connectivity index (χ2n) is 6.71. The first kappa shape index (κ1) is 22.8. The largest absolute Gasteiger partial charge is 0.493 e. The average Bonchev–Trinajstić information content (AvgIpc) is 2.67. The van der Waals surface area contributed by atoms with Crippen molar-refractivity contribution in [1.82, 2.24) is 0 Å². The van der Waals surface area contributed by atoms with Crippen LogP contribution in [0.1, 0.15) is 31.1 Å². The molecule has 6 nitrogen and oxygen atoms in total. The second kappa shape index (κ2) is 10.4. The zero-order chi connectivity index (χ0) is 21.6. The van der Waals surface area contributed by atoms with Crippen molar-refractivity contribution in [3.63, 3.8) is 0 Å². The highest BCUT2D eigenvalue weighted by molar-refractivity contribution is 6.33. The van der Waals surface area contributed by atoms with Crippen molar-refractivity contribution in [3.05, 3.63) is 52.0 Å². The van der Waals surface area contributed by atoms with E-state index in [9.17, 15) is 9.59 Å². The summed E-state index contributed by atoms with van der Waals surface area (Å²) in [5, 5.41) is 3.21. The minimum atomic E-state index is -1.06. The molecule has 1 atom stereocenters. The van der Waals surface area contributed by atoms with Gasteiger partial charge in [0.2, 0.25) is 0 Å². The number of amides is 1. The predicted molar refractivity (Wildman–Crippen MR) is 113 cm³/mol. The van der Waals surface area contributed by atoms with Crippen molar-refractivity contribution < 1.29 is 23.8 Å². The number of benzene rings is 2. The van der Waals surface area contributed by atoms with Gasteiger partial charge in [0, 0.05) is 0 Å². The van der Waals surface area contributed by atoms with Gasteiger partial charge in [-0.3, -0.25) is 4.79 Å². The molecule has 2 aromatic rings. The lowest BCUT2D eigenvalue weighted by Crippen LogP contribution is -2.30. The molecule has 0 spiro atoms. The Bertz CT molecular complexity index is 885. The smallest absolute Gasteiger partial charge is 0.339 e. The molecule has 1 unspecified atom stereocenters. The number of nitrogens with one attached hydrogen (secondary N) is 1. The van der Waals surface area contributed by atoms with Gasteiger partial charge in [-0.25, -0.2) is 4.79 Å². The van der Waals surface area contributed by atoms with Crippen molar-refractivity contribution in [2.24, 2.45) is 5.92 Å². The quantitative estimate of drug-likeness (QED) is 0.570. The zero-order valence-electron chi connectivity index (χ0n) is 16.6. The lowest BCUT2D eigenvalue weighted by atomic mass is 10.2. The third kappa shape index (κ3) is 6.27. The highest BCUT2D eigenvalue weighted by Gasteiger charge is 2.22. The number of halogens is 2. The molecule has 1 N–H and O–H groups in total. The number of anilines is 1. The van der Waals surface area contributed by atoms with Gasteiger partial charge in [-0.15, -0.1) is 0 Å². The zero-order valence-corrected chi connectivity index (χ0v) is 18.1. The van der Waals surface area contributed by atoms with Gasteiger partial charge >= 0.3 is 5.97 Å². The number of methoxy groups -OCH3 is 1. The molecule has 0 saturated carbocycles. The molecule has 0 aliphatic carbocycles. The Labute approximate surface area is 180 Å². The average molecular weight is 440 g/mol. The van der Waals surface area contributed by atoms with Crippen molar-refractivity contribution in [2.45, 2.75) is 26.9 Å². The Morgan fingerprint density at radius 2 is 1.76 bits per heavy atom. The first-order valence-corrected chi connectivity index (χ1v) is 9.75. The number of ether oxygens (including phenoxy) is 3. The van der Waals surface area contributed by atoms with Crippen LogP contribution < -0.4 is 14.8 Å². The third-order valence-corrected chi connectivity index (χ3v) is 4.42. The summed E-state index contributed by atoms with van der Waals surface area (Å²) in [4.78, 5) is 24.8. The molecule has 0 saturated heterocycles. The van der Waals surface area contributed by atoms with Crippen LogP contribution in [0.2, 0.25) is 10.0 Å². The van der Waals surface area contributed by atoms with E-state index in [1.54, 1.807) is 24.3 Å². The number of esters is 1. The monoisotopic (exact) mass is 439 g/mol. The van der Waals surface area contributed by atoms with E-state index < -0.39 is 18.0 Å². The van der Waals surface area contributed by atoms with Crippen LogP contribution in [0, 0.1) is 5.92 Å². The molecule has 0 fully saturated rings. The molecule has 0 radical (unpaired) electrons. The fourth-order valence-electron chi connectivity index (χ4n) is 2.31. The molecule has 0 aliphatic heterocycles. The van der Waals surface area contributed by atoms with Gasteiger partial charge in [0.05, 0.1) is 35.0 Å². The van der Waals surface area contributed by atoms with Gasteiger partial charge in [0.1, 0.15) is 0 Å². The molecular weight excluding hydrogens is 417 g/mol. The SMILES string of the molecule is COc1cc(C(=O)OC(C)C(=O)Nc2ccccc2Cl)cc(Cl)c1OCC(C)C. The summed E-state index contributed by atoms with van der Waals surface area (Å²) in [5.41, 5.74) is 0.569. The summed E-state index contributed by atoms with van der Waals surface area (Å²) in [7, 11) is 1.45. The van der Waals surface area contributed by atoms with E-state index in [1.807, 2.05) is 13.8 Å². The van der Waals surface area contributed by atoms with Gasteiger partial charge in [0.25, 0.3) is 5.91 Å². The summed E-state index contributed by atoms with van der Waals surface area (Å²) in [5.74, 6) is -0.288. The van der Waals surface area contributed by atoms with Gasteiger partial charge < -0.3 is 19.5 Å². The summed E-state index contributed by atoms with van der Waals surface area (Å²) in [6, 6.07) is 9.64. The van der Waals surface area contributed by atoms with E-state index in [2.05, 4.69) is 5.32 Å². The highest BCUT2D eigenvalue weighted by atomic mass is 35.5. The number of hydrogen-bond acceptors (Lipinski definition) is 5. The van der Waals surface area contributed by atoms with Crippen LogP contribution in [0.3, 0.4) is 0 Å². The fourth-order valence-corrected chi connectivity index (χ4v) is 2.76. The Balaban J connectivity index is 2.10. The van der Waals surface area contributed by atoms with Gasteiger partial charge in [0.15, 0.2) is 17.6 Å². The molecule has 8 heteroatoms. The maximum Gasteiger partial charge on any atom is 0.339 e. The first-order chi connectivity index (χ1) is 13.7. The van der Waals surface area contributed by atoms with Crippen LogP contribution in [0.15, 0.2) is 36.4 Å². The normalized spacial score (nSPS) is 11.7. The summed E-state index contributed by atoms with van der Waals surface area (Å²) in [6.07, 6.45) is -1.06. The fraction of sp³-hybridized carbons (Fsp3) is 0.333. The van der Waals surface area contributed by atoms with Gasteiger partial charge in [-0.2, -0.15) is 0 Å². The first-order valence-electron chi connectivity index (χ1n) is 8.99. The van der Waals surface area contributed by atoms with Crippen molar-refractivity contribution in [2.75, 3.05) is 19.0 Å². The van der Waals surface area contributed by atoms with E-state index in [1.165, 1.54) is 26.2 Å². The van der Waals surface area contributed by atoms with E-state index in [0.29, 0.717) is 28.8 Å². The van der Waals surface area contributed by atoms with Crippen LogP contribution >= 0.6 is 23.2 Å². The molecule has 0 aromatic heterocycles. The molecule has 156 valence electrons. The Kier molecular flexibility index (Phi) is 8.17. The second-order valence-corrected chi connectivity index (χ2v) is 7.53. The molecule has 2 aromatic carbocycles. The molecule has 0 aliphatic rings. The minimum Gasteiger partial charge on any atom is -0.493 e. The molecule has 29 heavy (non-hydrogen) atoms. The van der Waals surface area contributed by atoms with E-state index >= 15 is 0 Å². The molecule has 0 bridgehead atoms. The highest BCUT2D eigenvalue weighted by Crippen LogP contribution is 2.37. The lowest BCUT2D eigenvalue weighted by molar-refractivity contribution is -0.123. The number of para-hydroxylation sites is 1. The van der Waals surface area contributed by atoms with E-state index in [-0.39, 0.29) is 16.5 Å². The van der Waals surface area contributed by atoms with Crippen LogP contribution in [0.25, 0.3) is 0 Å². The standard InChI is InChI=1S/C21H23Cl2NO5/c1-12(2)11-28-19-16(23)9-14(10-18(19)27-4)21(26)29-13(3)20(25)24-17-8-6-5-7-15(17)22/h5-10,12-13H,11H2,1-4H3,(H,24,25). The number of hydrogen-bond donors (Lipinski definition) is 1. The number of rotatable bonds is 8. The topological polar surface area (TPSA) is 73.9 Å². The summed E-state index contributed by atoms with van der Waals surface area (Å²) in [6.45, 7) is 5.91. The number of carbonyl (C=O) groups is 2. The van der Waals surface area contributed by atoms with Gasteiger partial charge in [-0.1, -0.05) is 49.2 Å². The lowest BCUT2D eigenvalue weighted by Gasteiger charge is -2.17. The molecule has 2 rings (SSSR count). The maximum absolute atomic E-state index is 12.5. The minimum absolute atomic E-state index is 0.140. The Hall–Kier alpha value is -2.44. The Morgan fingerprint density at radius 1 is 1.07 bits per heavy atom. The van der Waals surface area contributed by atoms with Crippen LogP contribution in [0.5, 0.6) is 11.5 Å². The van der Waals surface area contributed by atoms with Crippen LogP contribution in [-0.2, 0) is 9.53 Å². The van der Waals surface area contributed by atoms with Crippen molar-refractivity contribution in [1.29, 1.82) is 0 Å². The predicted octanol–water partition coefficient (Wildman–Crippen LogP) is 5.22. The molecular formula is C21H23Cl2NO5. The van der Waals surface area contributed by atoms with Crippen LogP contribution in [-0.4, -0.2) is 31.7 Å². The van der Waals surface area contributed by atoms with Crippen molar-refractivity contribution in [3.8, 4) is 11.5 Å². The summed E-state index contributed by atoms with van der Waals surface area (Å²) >= 11 is 12.3. The van der Waals surface area contributed by atoms with E-state index in [4.69, 9.17) is 37.4 Å².